The molecule has 1 fully saturated rings. The molecule has 1 unspecified atom stereocenters. The number of nitrogens with zero attached hydrogens (tertiary/aromatic N) is 1. The van der Waals surface area contributed by atoms with Crippen LogP contribution in [0.4, 0.5) is 0 Å². The Morgan fingerprint density at radius 3 is 2.81 bits per heavy atom. The molecule has 0 spiro atoms. The van der Waals surface area contributed by atoms with E-state index in [9.17, 15) is 4.79 Å². The van der Waals surface area contributed by atoms with E-state index in [4.69, 9.17) is 19.9 Å². The van der Waals surface area contributed by atoms with Gasteiger partial charge in [-0.2, -0.15) is 0 Å². The van der Waals surface area contributed by atoms with Crippen molar-refractivity contribution in [2.75, 3.05) is 40.5 Å². The van der Waals surface area contributed by atoms with Gasteiger partial charge in [-0.3, -0.25) is 9.69 Å². The first-order valence-electron chi connectivity index (χ1n) is 6.98. The van der Waals surface area contributed by atoms with Gasteiger partial charge in [-0.05, 0) is 24.1 Å². The van der Waals surface area contributed by atoms with Gasteiger partial charge in [-0.15, -0.1) is 0 Å². The summed E-state index contributed by atoms with van der Waals surface area (Å²) in [6.07, 6.45) is 0.371. The smallest absolute Gasteiger partial charge is 0.247 e. The van der Waals surface area contributed by atoms with Crippen LogP contribution in [0.1, 0.15) is 5.56 Å². The van der Waals surface area contributed by atoms with Crippen LogP contribution in [0, 0.1) is 0 Å². The maximum atomic E-state index is 11.2. The number of nitrogens with two attached hydrogens (primary N) is 1. The second-order valence-corrected chi connectivity index (χ2v) is 5.00. The van der Waals surface area contributed by atoms with Crippen LogP contribution in [0.3, 0.4) is 0 Å². The molecule has 1 heterocycles. The van der Waals surface area contributed by atoms with Gasteiger partial charge >= 0.3 is 0 Å². The third-order valence-corrected chi connectivity index (χ3v) is 3.63. The molecule has 1 saturated heterocycles. The van der Waals surface area contributed by atoms with E-state index in [1.165, 1.54) is 0 Å². The standard InChI is InChI=1S/C15H22N2O4/c1-19-12-4-3-11(9-13(12)20-2)5-6-17-7-8-21-14(10-17)15(16)18/h3-4,9,14H,5-8,10H2,1-2H3,(H2,16,18). The summed E-state index contributed by atoms with van der Waals surface area (Å²) in [6.45, 7) is 2.77. The molecular formula is C15H22N2O4. The minimum atomic E-state index is -0.496. The molecule has 0 radical (unpaired) electrons. The van der Waals surface area contributed by atoms with E-state index in [-0.39, 0.29) is 0 Å². The molecular weight excluding hydrogens is 272 g/mol. The summed E-state index contributed by atoms with van der Waals surface area (Å²) in [6, 6.07) is 5.90. The molecule has 116 valence electrons. The van der Waals surface area contributed by atoms with Crippen molar-refractivity contribution in [3.63, 3.8) is 0 Å². The molecule has 1 aromatic carbocycles. The molecule has 6 heteroatoms. The van der Waals surface area contributed by atoms with E-state index in [1.807, 2.05) is 18.2 Å². The number of morpholine rings is 1. The molecule has 1 amide bonds. The number of rotatable bonds is 6. The molecule has 2 rings (SSSR count). The summed E-state index contributed by atoms with van der Waals surface area (Å²) in [7, 11) is 3.25. The van der Waals surface area contributed by atoms with Crippen LogP contribution < -0.4 is 15.2 Å². The number of amides is 1. The number of carbonyl (C=O) groups excluding carboxylic acids is 1. The highest BCUT2D eigenvalue weighted by atomic mass is 16.5. The van der Waals surface area contributed by atoms with Crippen LogP contribution >= 0.6 is 0 Å². The van der Waals surface area contributed by atoms with Gasteiger partial charge in [-0.1, -0.05) is 6.07 Å². The fraction of sp³-hybridized carbons (Fsp3) is 0.533. The van der Waals surface area contributed by atoms with E-state index in [0.29, 0.717) is 13.2 Å². The van der Waals surface area contributed by atoms with E-state index in [2.05, 4.69) is 4.90 Å². The predicted molar refractivity (Wildman–Crippen MR) is 78.6 cm³/mol. The zero-order chi connectivity index (χ0) is 15.2. The number of carbonyl (C=O) groups is 1. The number of hydrogen-bond acceptors (Lipinski definition) is 5. The van der Waals surface area contributed by atoms with Gasteiger partial charge in [-0.25, -0.2) is 0 Å². The van der Waals surface area contributed by atoms with Gasteiger partial charge in [0.05, 0.1) is 20.8 Å². The largest absolute Gasteiger partial charge is 0.493 e. The summed E-state index contributed by atoms with van der Waals surface area (Å²) in [4.78, 5) is 13.4. The zero-order valence-electron chi connectivity index (χ0n) is 12.5. The summed E-state index contributed by atoms with van der Waals surface area (Å²) in [5.74, 6) is 1.05. The fourth-order valence-electron chi connectivity index (χ4n) is 2.40. The van der Waals surface area contributed by atoms with Gasteiger partial charge in [0, 0.05) is 19.6 Å². The average Bonchev–Trinajstić information content (AvgIpc) is 2.52. The van der Waals surface area contributed by atoms with Gasteiger partial charge in [0.2, 0.25) is 5.91 Å². The molecule has 1 atom stereocenters. The average molecular weight is 294 g/mol. The van der Waals surface area contributed by atoms with Crippen LogP contribution in [0.5, 0.6) is 11.5 Å². The Morgan fingerprint density at radius 1 is 1.38 bits per heavy atom. The molecule has 1 aromatic rings. The lowest BCUT2D eigenvalue weighted by Crippen LogP contribution is -2.48. The zero-order valence-corrected chi connectivity index (χ0v) is 12.5. The Morgan fingerprint density at radius 2 is 2.14 bits per heavy atom. The van der Waals surface area contributed by atoms with Crippen molar-refractivity contribution in [2.24, 2.45) is 5.73 Å². The highest BCUT2D eigenvalue weighted by molar-refractivity contribution is 5.79. The molecule has 1 aliphatic heterocycles. The van der Waals surface area contributed by atoms with E-state index >= 15 is 0 Å². The SMILES string of the molecule is COc1ccc(CCN2CCOC(C(N)=O)C2)cc1OC. The molecule has 21 heavy (non-hydrogen) atoms. The Kier molecular flexibility index (Phi) is 5.41. The first kappa shape index (κ1) is 15.6. The Balaban J connectivity index is 1.92. The maximum absolute atomic E-state index is 11.2. The Labute approximate surface area is 124 Å². The minimum absolute atomic E-state index is 0.397. The first-order chi connectivity index (χ1) is 10.1. The quantitative estimate of drug-likeness (QED) is 0.823. The molecule has 1 aliphatic rings. The number of primary amides is 1. The summed E-state index contributed by atoms with van der Waals surface area (Å²) < 4.78 is 15.9. The van der Waals surface area contributed by atoms with Crippen LogP contribution in [-0.2, 0) is 16.0 Å². The molecule has 0 bridgehead atoms. The van der Waals surface area contributed by atoms with Gasteiger partial charge in [0.15, 0.2) is 11.5 Å². The lowest BCUT2D eigenvalue weighted by Gasteiger charge is -2.31. The lowest BCUT2D eigenvalue weighted by molar-refractivity contribution is -0.135. The van der Waals surface area contributed by atoms with Crippen molar-refractivity contribution < 1.29 is 19.0 Å². The van der Waals surface area contributed by atoms with Crippen molar-refractivity contribution in [3.8, 4) is 11.5 Å². The fourth-order valence-corrected chi connectivity index (χ4v) is 2.40. The number of benzene rings is 1. The third kappa shape index (κ3) is 4.09. The van der Waals surface area contributed by atoms with Gasteiger partial charge < -0.3 is 19.9 Å². The van der Waals surface area contributed by atoms with Gasteiger partial charge in [0.1, 0.15) is 6.10 Å². The highest BCUT2D eigenvalue weighted by Crippen LogP contribution is 2.27. The van der Waals surface area contributed by atoms with Crippen molar-refractivity contribution in [2.45, 2.75) is 12.5 Å². The van der Waals surface area contributed by atoms with Crippen LogP contribution in [0.25, 0.3) is 0 Å². The summed E-state index contributed by atoms with van der Waals surface area (Å²) in [5.41, 5.74) is 6.45. The highest BCUT2D eigenvalue weighted by Gasteiger charge is 2.24. The van der Waals surface area contributed by atoms with Crippen LogP contribution in [0.15, 0.2) is 18.2 Å². The second kappa shape index (κ2) is 7.28. The summed E-state index contributed by atoms with van der Waals surface area (Å²) in [5, 5.41) is 0. The van der Waals surface area contributed by atoms with Crippen molar-refractivity contribution in [3.05, 3.63) is 23.8 Å². The predicted octanol–water partition coefficient (Wildman–Crippen LogP) is 0.432. The lowest BCUT2D eigenvalue weighted by atomic mass is 10.1. The van der Waals surface area contributed by atoms with E-state index in [0.717, 1.165) is 36.6 Å². The first-order valence-corrected chi connectivity index (χ1v) is 6.98. The Hall–Kier alpha value is -1.79. The molecule has 0 saturated carbocycles. The number of methoxy groups -OCH3 is 2. The van der Waals surface area contributed by atoms with Crippen molar-refractivity contribution in [1.29, 1.82) is 0 Å². The molecule has 0 aromatic heterocycles. The summed E-state index contributed by atoms with van der Waals surface area (Å²) >= 11 is 0. The second-order valence-electron chi connectivity index (χ2n) is 5.00. The van der Waals surface area contributed by atoms with Crippen LogP contribution in [0.2, 0.25) is 0 Å². The van der Waals surface area contributed by atoms with Crippen LogP contribution in [-0.4, -0.2) is 57.4 Å². The minimum Gasteiger partial charge on any atom is -0.493 e. The molecule has 6 nitrogen and oxygen atoms in total. The van der Waals surface area contributed by atoms with Gasteiger partial charge in [0.25, 0.3) is 0 Å². The normalized spacial score (nSPS) is 19.2. The number of ether oxygens (including phenoxy) is 3. The molecule has 2 N–H and O–H groups in total. The van der Waals surface area contributed by atoms with E-state index < -0.39 is 12.0 Å². The van der Waals surface area contributed by atoms with Crippen molar-refractivity contribution in [1.82, 2.24) is 4.90 Å². The topological polar surface area (TPSA) is 74.0 Å². The van der Waals surface area contributed by atoms with Crippen molar-refractivity contribution >= 4 is 5.91 Å². The molecule has 0 aliphatic carbocycles. The van der Waals surface area contributed by atoms with E-state index in [1.54, 1.807) is 14.2 Å². The monoisotopic (exact) mass is 294 g/mol. The number of hydrogen-bond donors (Lipinski definition) is 1. The Bertz CT molecular complexity index is 493. The maximum Gasteiger partial charge on any atom is 0.247 e. The third-order valence-electron chi connectivity index (χ3n) is 3.63.